The lowest BCUT2D eigenvalue weighted by molar-refractivity contribution is 1.27. The third-order valence-electron chi connectivity index (χ3n) is 1.08. The number of rotatable bonds is 1. The molecule has 10 heavy (non-hydrogen) atoms. The third kappa shape index (κ3) is 1.55. The first kappa shape index (κ1) is 7.69. The topological polar surface area (TPSA) is 38.9 Å². The van der Waals surface area contributed by atoms with Crippen molar-refractivity contribution in [1.29, 1.82) is 0 Å². The Morgan fingerprint density at radius 1 is 1.70 bits per heavy atom. The molecule has 0 saturated carbocycles. The van der Waals surface area contributed by atoms with Crippen LogP contribution in [0, 0.1) is 0 Å². The monoisotopic (exact) mass is 174 g/mol. The van der Waals surface area contributed by atoms with E-state index in [4.69, 9.17) is 17.3 Å². The fourth-order valence-corrected chi connectivity index (χ4v) is 1.34. The molecular weight excluding hydrogens is 168 g/mol. The third-order valence-corrected chi connectivity index (χ3v) is 2.08. The molecule has 2 nitrogen and oxygen atoms in total. The van der Waals surface area contributed by atoms with Crippen LogP contribution < -0.4 is 5.73 Å². The number of nitrogens with two attached hydrogens (primary N) is 1. The first-order valence-corrected chi connectivity index (χ1v) is 4.29. The quantitative estimate of drug-likeness (QED) is 0.523. The van der Waals surface area contributed by atoms with Crippen LogP contribution >= 0.6 is 23.4 Å². The van der Waals surface area contributed by atoms with Crippen LogP contribution in [0.1, 0.15) is 0 Å². The molecule has 0 spiro atoms. The highest BCUT2D eigenvalue weighted by molar-refractivity contribution is 7.98. The van der Waals surface area contributed by atoms with E-state index in [-0.39, 0.29) is 0 Å². The second-order valence-electron chi connectivity index (χ2n) is 1.75. The number of nitrogen functional groups attached to an aromatic ring is 1. The van der Waals surface area contributed by atoms with Crippen LogP contribution in [0.4, 0.5) is 5.69 Å². The zero-order valence-corrected chi connectivity index (χ0v) is 7.04. The molecule has 1 aromatic rings. The van der Waals surface area contributed by atoms with E-state index in [0.29, 0.717) is 10.8 Å². The summed E-state index contributed by atoms with van der Waals surface area (Å²) in [5.74, 6) is 0. The van der Waals surface area contributed by atoms with Crippen molar-refractivity contribution in [2.75, 3.05) is 12.0 Å². The Morgan fingerprint density at radius 3 is 2.90 bits per heavy atom. The average molecular weight is 175 g/mol. The predicted molar refractivity (Wildman–Crippen MR) is 45.4 cm³/mol. The van der Waals surface area contributed by atoms with Gasteiger partial charge in [0.2, 0.25) is 0 Å². The van der Waals surface area contributed by atoms with Gasteiger partial charge in [0.1, 0.15) is 5.15 Å². The summed E-state index contributed by atoms with van der Waals surface area (Å²) in [7, 11) is 0. The Labute approximate surface area is 68.8 Å². The van der Waals surface area contributed by atoms with Gasteiger partial charge >= 0.3 is 0 Å². The number of aromatic nitrogens is 1. The molecule has 0 amide bonds. The maximum absolute atomic E-state index is 5.62. The molecule has 0 unspecified atom stereocenters. The lowest BCUT2D eigenvalue weighted by Crippen LogP contribution is -1.89. The number of hydrogen-bond donors (Lipinski definition) is 1. The van der Waals surface area contributed by atoms with Crippen LogP contribution in [0.2, 0.25) is 5.15 Å². The van der Waals surface area contributed by atoms with E-state index in [0.717, 1.165) is 4.90 Å². The van der Waals surface area contributed by atoms with Gasteiger partial charge in [0.15, 0.2) is 0 Å². The summed E-state index contributed by atoms with van der Waals surface area (Å²) in [5.41, 5.74) is 6.24. The van der Waals surface area contributed by atoms with E-state index in [1.807, 2.05) is 6.26 Å². The molecule has 0 aliphatic heterocycles. The van der Waals surface area contributed by atoms with E-state index in [1.54, 1.807) is 24.0 Å². The zero-order valence-electron chi connectivity index (χ0n) is 5.47. The molecule has 0 aromatic carbocycles. The van der Waals surface area contributed by atoms with Crippen molar-refractivity contribution < 1.29 is 0 Å². The number of anilines is 1. The van der Waals surface area contributed by atoms with Gasteiger partial charge in [-0.05, 0) is 12.3 Å². The van der Waals surface area contributed by atoms with Crippen LogP contribution in [-0.4, -0.2) is 11.2 Å². The van der Waals surface area contributed by atoms with Crippen molar-refractivity contribution in [3.63, 3.8) is 0 Å². The second kappa shape index (κ2) is 3.12. The van der Waals surface area contributed by atoms with Crippen LogP contribution in [0.5, 0.6) is 0 Å². The molecule has 2 N–H and O–H groups in total. The molecule has 0 radical (unpaired) electrons. The molecule has 0 fully saturated rings. The molecule has 54 valence electrons. The van der Waals surface area contributed by atoms with Gasteiger partial charge in [0.25, 0.3) is 0 Å². The number of nitrogens with zero attached hydrogens (tertiary/aromatic N) is 1. The molecule has 0 aliphatic rings. The largest absolute Gasteiger partial charge is 0.397 e. The van der Waals surface area contributed by atoms with E-state index >= 15 is 0 Å². The molecule has 0 atom stereocenters. The predicted octanol–water partition coefficient (Wildman–Crippen LogP) is 2.04. The number of pyridine rings is 1. The molecule has 1 heterocycles. The zero-order chi connectivity index (χ0) is 7.56. The van der Waals surface area contributed by atoms with Gasteiger partial charge in [-0.25, -0.2) is 4.98 Å². The lowest BCUT2D eigenvalue weighted by atomic mass is 10.4. The minimum absolute atomic E-state index is 0.485. The van der Waals surface area contributed by atoms with Crippen molar-refractivity contribution in [3.8, 4) is 0 Å². The summed E-state index contributed by atoms with van der Waals surface area (Å²) in [5, 5.41) is 0.485. The standard InChI is InChI=1S/C6H7ClN2S/c1-10-5-2-6(7)9-3-4(5)8/h2-3H,8H2,1H3. The van der Waals surface area contributed by atoms with Crippen LogP contribution in [0.25, 0.3) is 0 Å². The number of halogens is 1. The van der Waals surface area contributed by atoms with Gasteiger partial charge in [-0.2, -0.15) is 0 Å². The molecule has 4 heteroatoms. The Hall–Kier alpha value is -0.410. The molecule has 1 rings (SSSR count). The SMILES string of the molecule is CSc1cc(Cl)ncc1N. The normalized spacial score (nSPS) is 9.80. The number of thioether (sulfide) groups is 1. The average Bonchev–Trinajstić information content (AvgIpc) is 1.94. The molecule has 1 aromatic heterocycles. The Kier molecular flexibility index (Phi) is 2.40. The highest BCUT2D eigenvalue weighted by Gasteiger charge is 1.97. The van der Waals surface area contributed by atoms with Gasteiger partial charge < -0.3 is 5.73 Å². The van der Waals surface area contributed by atoms with Gasteiger partial charge in [0.05, 0.1) is 11.9 Å². The second-order valence-corrected chi connectivity index (χ2v) is 2.98. The summed E-state index contributed by atoms with van der Waals surface area (Å²) < 4.78 is 0. The van der Waals surface area contributed by atoms with Crippen LogP contribution in [-0.2, 0) is 0 Å². The summed E-state index contributed by atoms with van der Waals surface area (Å²) in [6.07, 6.45) is 3.51. The van der Waals surface area contributed by atoms with Gasteiger partial charge in [-0.15, -0.1) is 11.8 Å². The summed E-state index contributed by atoms with van der Waals surface area (Å²) in [6.45, 7) is 0. The highest BCUT2D eigenvalue weighted by Crippen LogP contribution is 2.23. The Bertz CT molecular complexity index is 239. The molecule has 0 bridgehead atoms. The number of hydrogen-bond acceptors (Lipinski definition) is 3. The fraction of sp³-hybridized carbons (Fsp3) is 0.167. The minimum Gasteiger partial charge on any atom is -0.397 e. The van der Waals surface area contributed by atoms with Crippen LogP contribution in [0.15, 0.2) is 17.2 Å². The molecule has 0 aliphatic carbocycles. The van der Waals surface area contributed by atoms with E-state index < -0.39 is 0 Å². The minimum atomic E-state index is 0.485. The van der Waals surface area contributed by atoms with Crippen molar-refractivity contribution in [2.45, 2.75) is 4.90 Å². The first-order chi connectivity index (χ1) is 4.74. The Morgan fingerprint density at radius 2 is 2.40 bits per heavy atom. The van der Waals surface area contributed by atoms with Crippen molar-refractivity contribution >= 4 is 29.1 Å². The maximum Gasteiger partial charge on any atom is 0.130 e. The lowest BCUT2D eigenvalue weighted by Gasteiger charge is -1.99. The first-order valence-electron chi connectivity index (χ1n) is 2.69. The van der Waals surface area contributed by atoms with Gasteiger partial charge in [-0.1, -0.05) is 11.6 Å². The summed E-state index contributed by atoms with van der Waals surface area (Å²) in [4.78, 5) is 4.79. The van der Waals surface area contributed by atoms with Gasteiger partial charge in [-0.3, -0.25) is 0 Å². The summed E-state index contributed by atoms with van der Waals surface area (Å²) >= 11 is 7.18. The fourth-order valence-electron chi connectivity index (χ4n) is 0.600. The molecule has 0 saturated heterocycles. The van der Waals surface area contributed by atoms with Gasteiger partial charge in [0, 0.05) is 4.90 Å². The smallest absolute Gasteiger partial charge is 0.130 e. The van der Waals surface area contributed by atoms with Crippen molar-refractivity contribution in [2.24, 2.45) is 0 Å². The van der Waals surface area contributed by atoms with Crippen molar-refractivity contribution in [1.82, 2.24) is 4.98 Å². The highest BCUT2D eigenvalue weighted by atomic mass is 35.5. The van der Waals surface area contributed by atoms with E-state index in [9.17, 15) is 0 Å². The van der Waals surface area contributed by atoms with Crippen LogP contribution in [0.3, 0.4) is 0 Å². The molecular formula is C6H7ClN2S. The van der Waals surface area contributed by atoms with Crippen molar-refractivity contribution in [3.05, 3.63) is 17.4 Å². The maximum atomic E-state index is 5.62. The van der Waals surface area contributed by atoms with E-state index in [2.05, 4.69) is 4.98 Å². The Balaban J connectivity index is 3.09. The summed E-state index contributed by atoms with van der Waals surface area (Å²) in [6, 6.07) is 1.75. The van der Waals surface area contributed by atoms with E-state index in [1.165, 1.54) is 0 Å².